The van der Waals surface area contributed by atoms with Crippen LogP contribution in [0.25, 0.3) is 0 Å². The minimum absolute atomic E-state index is 1.40. The van der Waals surface area contributed by atoms with Gasteiger partial charge in [0.25, 0.3) is 0 Å². The molecule has 0 nitrogen and oxygen atoms in total. The zero-order valence-electron chi connectivity index (χ0n) is 6.24. The molecule has 10 heavy (non-hydrogen) atoms. The van der Waals surface area contributed by atoms with E-state index in [-0.39, 0.29) is 0 Å². The molecular weight excluding hydrogens is 120 g/mol. The van der Waals surface area contributed by atoms with Crippen LogP contribution in [0.5, 0.6) is 0 Å². The van der Waals surface area contributed by atoms with Gasteiger partial charge in [0.15, 0.2) is 0 Å². The molecule has 0 aromatic carbocycles. The van der Waals surface area contributed by atoms with E-state index in [1.165, 1.54) is 38.5 Å². The maximum Gasteiger partial charge on any atom is 0.222 e. The number of hydrogen-bond acceptors (Lipinski definition) is 0. The largest absolute Gasteiger partial charge is 0.222 e. The Morgan fingerprint density at radius 3 is 1.70 bits per heavy atom. The number of rotatable bonds is 0. The van der Waals surface area contributed by atoms with E-state index in [2.05, 4.69) is 0 Å². The van der Waals surface area contributed by atoms with E-state index in [0.717, 1.165) is 0 Å². The first-order valence-electron chi connectivity index (χ1n) is 4.24. The Morgan fingerprint density at radius 1 is 0.800 bits per heavy atom. The third kappa shape index (κ3) is 0.624. The Morgan fingerprint density at radius 2 is 1.30 bits per heavy atom. The fraction of sp³-hybridized carbons (Fsp3) is 0.600. The topological polar surface area (TPSA) is 0 Å². The van der Waals surface area contributed by atoms with Gasteiger partial charge in [0.05, 0.1) is 11.8 Å². The van der Waals surface area contributed by atoms with Gasteiger partial charge in [-0.2, -0.15) is 0 Å². The van der Waals surface area contributed by atoms with Gasteiger partial charge in [-0.3, -0.25) is 0 Å². The predicted octanol–water partition coefficient (Wildman–Crippen LogP) is 2.67. The summed E-state index contributed by atoms with van der Waals surface area (Å²) in [6.07, 6.45) is 8.38. The van der Waals surface area contributed by atoms with Gasteiger partial charge in [-0.15, -0.1) is 0 Å². The van der Waals surface area contributed by atoms with E-state index in [4.69, 9.17) is 0 Å². The third-order valence-electron chi connectivity index (χ3n) is 3.00. The molecule has 0 spiro atoms. The highest BCUT2D eigenvalue weighted by Gasteiger charge is 2.56. The zero-order chi connectivity index (χ0) is 6.55. The van der Waals surface area contributed by atoms with Gasteiger partial charge in [0.2, 0.25) is 6.42 Å². The monoisotopic (exact) mass is 132 g/mol. The Kier molecular flexibility index (Phi) is 0.898. The van der Waals surface area contributed by atoms with Crippen LogP contribution in [0, 0.1) is 23.7 Å². The summed E-state index contributed by atoms with van der Waals surface area (Å²) in [7, 11) is 0. The smallest absolute Gasteiger partial charge is 0.0237 e. The molecular formula is C10H12+2. The number of hydrogen-bond donors (Lipinski definition) is 0. The average molecular weight is 132 g/mol. The normalized spacial score (nSPS) is 32.4. The first kappa shape index (κ1) is 5.40. The molecule has 0 unspecified atom stereocenters. The second kappa shape index (κ2) is 1.66. The molecule has 0 N–H and O–H groups in total. The van der Waals surface area contributed by atoms with Crippen LogP contribution in [-0.2, 0) is 0 Å². The average Bonchev–Trinajstić information content (AvgIpc) is 1.82. The van der Waals surface area contributed by atoms with Crippen molar-refractivity contribution in [2.45, 2.75) is 38.5 Å². The Hall–Kier alpha value is -0.260. The first-order chi connectivity index (χ1) is 4.90. The minimum Gasteiger partial charge on any atom is -0.0237 e. The molecule has 4 aliphatic rings. The third-order valence-corrected chi connectivity index (χ3v) is 3.00. The molecule has 4 fully saturated rings. The Labute approximate surface area is 63.0 Å². The summed E-state index contributed by atoms with van der Waals surface area (Å²) in [6, 6.07) is 0. The van der Waals surface area contributed by atoms with E-state index >= 15 is 0 Å². The summed E-state index contributed by atoms with van der Waals surface area (Å²) in [5.74, 6) is 7.29. The summed E-state index contributed by atoms with van der Waals surface area (Å²) < 4.78 is 0. The molecule has 2 radical (unpaired) electrons. The molecule has 0 amide bonds. The molecule has 0 saturated heterocycles. The summed E-state index contributed by atoms with van der Waals surface area (Å²) in [5, 5.41) is 0. The summed E-state index contributed by atoms with van der Waals surface area (Å²) in [5.41, 5.74) is 0. The Bertz CT molecular complexity index is 91.6. The van der Waals surface area contributed by atoms with Crippen molar-refractivity contribution in [1.29, 1.82) is 0 Å². The molecule has 50 valence electrons. The standard InChI is InChI=1S/C10H12/c1-7-2-9-4-8(1)5-10(3-7)6-9/h1-6H2/q+2. The van der Waals surface area contributed by atoms with Crippen LogP contribution in [-0.4, -0.2) is 0 Å². The van der Waals surface area contributed by atoms with Crippen molar-refractivity contribution in [3.8, 4) is 0 Å². The van der Waals surface area contributed by atoms with Crippen molar-refractivity contribution >= 4 is 0 Å². The van der Waals surface area contributed by atoms with Crippen molar-refractivity contribution in [3.05, 3.63) is 23.7 Å². The molecule has 0 aromatic heterocycles. The molecule has 0 heterocycles. The molecule has 0 atom stereocenters. The van der Waals surface area contributed by atoms with Gasteiger partial charge < -0.3 is 0 Å². The lowest BCUT2D eigenvalue weighted by atomic mass is 9.56. The van der Waals surface area contributed by atoms with E-state index in [0.29, 0.717) is 0 Å². The van der Waals surface area contributed by atoms with Crippen LogP contribution in [0.15, 0.2) is 0 Å². The van der Waals surface area contributed by atoms with Gasteiger partial charge in [0, 0.05) is 0 Å². The molecule has 4 bridgehead atoms. The lowest BCUT2D eigenvalue weighted by Gasteiger charge is -2.35. The minimum atomic E-state index is 1.40. The van der Waals surface area contributed by atoms with E-state index < -0.39 is 0 Å². The predicted molar refractivity (Wildman–Crippen MR) is 40.7 cm³/mol. The van der Waals surface area contributed by atoms with E-state index in [1.807, 2.05) is 23.7 Å². The van der Waals surface area contributed by atoms with Crippen LogP contribution >= 0.6 is 0 Å². The second-order valence-corrected chi connectivity index (χ2v) is 4.06. The SMILES string of the molecule is C1[C]2C[C+]3C[C]1C[C+](C2)C3. The van der Waals surface area contributed by atoms with Crippen LogP contribution in [0.4, 0.5) is 0 Å². The first-order valence-corrected chi connectivity index (χ1v) is 4.24. The van der Waals surface area contributed by atoms with Gasteiger partial charge in [-0.1, -0.05) is 0 Å². The van der Waals surface area contributed by atoms with Crippen LogP contribution in [0.3, 0.4) is 0 Å². The van der Waals surface area contributed by atoms with Crippen molar-refractivity contribution in [2.24, 2.45) is 0 Å². The van der Waals surface area contributed by atoms with E-state index in [1.54, 1.807) is 0 Å². The highest BCUT2D eigenvalue weighted by atomic mass is 14.5. The quantitative estimate of drug-likeness (QED) is 0.444. The van der Waals surface area contributed by atoms with Crippen LogP contribution in [0.2, 0.25) is 0 Å². The molecule has 4 saturated carbocycles. The summed E-state index contributed by atoms with van der Waals surface area (Å²) in [4.78, 5) is 0. The zero-order valence-corrected chi connectivity index (χ0v) is 6.24. The highest BCUT2D eigenvalue weighted by molar-refractivity contribution is 5.36. The van der Waals surface area contributed by atoms with Crippen molar-refractivity contribution in [2.75, 3.05) is 0 Å². The van der Waals surface area contributed by atoms with Gasteiger partial charge >= 0.3 is 0 Å². The van der Waals surface area contributed by atoms with Gasteiger partial charge in [-0.25, -0.2) is 0 Å². The molecule has 4 aliphatic carbocycles. The fourth-order valence-corrected chi connectivity index (χ4v) is 2.87. The maximum absolute atomic E-state index is 1.82. The van der Waals surface area contributed by atoms with Gasteiger partial charge in [-0.05, 0) is 6.42 Å². The van der Waals surface area contributed by atoms with Crippen LogP contribution in [0.1, 0.15) is 38.5 Å². The molecule has 0 aromatic rings. The lowest BCUT2D eigenvalue weighted by molar-refractivity contribution is 0.397. The van der Waals surface area contributed by atoms with Crippen molar-refractivity contribution < 1.29 is 0 Å². The summed E-state index contributed by atoms with van der Waals surface area (Å²) in [6.45, 7) is 0. The lowest BCUT2D eigenvalue weighted by Crippen LogP contribution is -2.34. The maximum atomic E-state index is 1.82. The second-order valence-electron chi connectivity index (χ2n) is 4.06. The fourth-order valence-electron chi connectivity index (χ4n) is 2.87. The van der Waals surface area contributed by atoms with Gasteiger partial charge in [0.1, 0.15) is 37.5 Å². The molecule has 0 aliphatic heterocycles. The van der Waals surface area contributed by atoms with Crippen LogP contribution < -0.4 is 0 Å². The highest BCUT2D eigenvalue weighted by Crippen LogP contribution is 2.57. The van der Waals surface area contributed by atoms with Crippen molar-refractivity contribution in [1.82, 2.24) is 0 Å². The molecule has 0 heteroatoms. The summed E-state index contributed by atoms with van der Waals surface area (Å²) >= 11 is 0. The van der Waals surface area contributed by atoms with Crippen molar-refractivity contribution in [3.63, 3.8) is 0 Å². The van der Waals surface area contributed by atoms with E-state index in [9.17, 15) is 0 Å². The Balaban J connectivity index is 1.90. The molecule has 4 rings (SSSR count).